The molecule has 2 aliphatic heterocycles. The fourth-order valence-corrected chi connectivity index (χ4v) is 5.85. The fourth-order valence-electron chi connectivity index (χ4n) is 4.50. The lowest BCUT2D eigenvalue weighted by Crippen LogP contribution is -2.56. The predicted octanol–water partition coefficient (Wildman–Crippen LogP) is 4.76. The van der Waals surface area contributed by atoms with Crippen molar-refractivity contribution in [2.75, 3.05) is 12.8 Å². The number of fused-ring (bicyclic) bond motifs is 1. The molecule has 0 amide bonds. The quantitative estimate of drug-likeness (QED) is 0.443. The minimum atomic E-state index is -0.864. The van der Waals surface area contributed by atoms with Crippen LogP contribution in [-0.2, 0) is 0 Å². The maximum atomic E-state index is 13.9. The van der Waals surface area contributed by atoms with E-state index in [-0.39, 0.29) is 17.4 Å². The maximum Gasteiger partial charge on any atom is 0.269 e. The molecular formula is C24H19N3O3S. The second kappa shape index (κ2) is 7.35. The van der Waals surface area contributed by atoms with Crippen LogP contribution in [0.1, 0.15) is 27.4 Å². The van der Waals surface area contributed by atoms with E-state index in [2.05, 4.69) is 0 Å². The largest absolute Gasteiger partial charge is 0.291 e. The molecule has 31 heavy (non-hydrogen) atoms. The number of nitro groups is 1. The van der Waals surface area contributed by atoms with Crippen molar-refractivity contribution in [1.29, 1.82) is 0 Å². The molecule has 5 rings (SSSR count). The van der Waals surface area contributed by atoms with Crippen LogP contribution in [0.25, 0.3) is 0 Å². The Morgan fingerprint density at radius 1 is 1.03 bits per heavy atom. The van der Waals surface area contributed by atoms with Crippen molar-refractivity contribution < 1.29 is 9.72 Å². The number of carbonyl (C=O) groups is 1. The third-order valence-corrected chi connectivity index (χ3v) is 7.32. The van der Waals surface area contributed by atoms with Crippen LogP contribution in [0.4, 0.5) is 5.69 Å². The van der Waals surface area contributed by atoms with Gasteiger partial charge in [-0.1, -0.05) is 48.5 Å². The Labute approximate surface area is 183 Å². The summed E-state index contributed by atoms with van der Waals surface area (Å²) in [6.45, 7) is 0. The molecule has 0 radical (unpaired) electrons. The normalized spacial score (nSPS) is 22.4. The van der Waals surface area contributed by atoms with Crippen LogP contribution in [0.5, 0.6) is 0 Å². The van der Waals surface area contributed by atoms with E-state index in [9.17, 15) is 14.9 Å². The van der Waals surface area contributed by atoms with E-state index in [0.717, 1.165) is 21.7 Å². The highest BCUT2D eigenvalue weighted by molar-refractivity contribution is 7.99. The summed E-state index contributed by atoms with van der Waals surface area (Å²) in [5, 5.41) is 17.7. The first kappa shape index (κ1) is 19.5. The first-order valence-electron chi connectivity index (χ1n) is 9.91. The number of benzene rings is 3. The summed E-state index contributed by atoms with van der Waals surface area (Å²) in [6, 6.07) is 24.0. The number of carbonyl (C=O) groups excluding carboxylic acids is 1. The Kier molecular flexibility index (Phi) is 4.63. The Morgan fingerprint density at radius 3 is 2.42 bits per heavy atom. The SMILES string of the molecule is CN1N=C(c2ccc([N+](=O)[O-])cc2)[C@@H](c2ccccc2)[C@@]12CSc1ccccc1C2=O. The molecule has 7 heteroatoms. The fraction of sp³-hybridized carbons (Fsp3) is 0.167. The summed E-state index contributed by atoms with van der Waals surface area (Å²) in [5.41, 5.74) is 2.40. The molecule has 3 aromatic rings. The molecule has 0 bridgehead atoms. The van der Waals surface area contributed by atoms with Gasteiger partial charge in [-0.05, 0) is 29.3 Å². The molecule has 6 nitrogen and oxygen atoms in total. The number of hydrogen-bond acceptors (Lipinski definition) is 6. The highest BCUT2D eigenvalue weighted by atomic mass is 32.2. The highest BCUT2D eigenvalue weighted by Crippen LogP contribution is 2.49. The smallest absolute Gasteiger partial charge is 0.269 e. The molecule has 0 N–H and O–H groups in total. The first-order valence-corrected chi connectivity index (χ1v) is 10.9. The zero-order chi connectivity index (χ0) is 21.6. The number of ketones is 1. The van der Waals surface area contributed by atoms with Gasteiger partial charge in [0, 0.05) is 35.4 Å². The topological polar surface area (TPSA) is 75.8 Å². The van der Waals surface area contributed by atoms with Crippen LogP contribution in [0.15, 0.2) is 88.9 Å². The minimum absolute atomic E-state index is 0.0277. The Morgan fingerprint density at radius 2 is 1.71 bits per heavy atom. The number of hydrazone groups is 1. The molecule has 0 fully saturated rings. The van der Waals surface area contributed by atoms with Gasteiger partial charge in [-0.25, -0.2) is 0 Å². The van der Waals surface area contributed by atoms with E-state index in [1.165, 1.54) is 12.1 Å². The Balaban J connectivity index is 1.67. The van der Waals surface area contributed by atoms with Crippen molar-refractivity contribution >= 4 is 28.9 Å². The number of Topliss-reactive ketones (excluding diaryl/α,β-unsaturated/α-hetero) is 1. The lowest BCUT2D eigenvalue weighted by molar-refractivity contribution is -0.384. The van der Waals surface area contributed by atoms with Crippen LogP contribution in [0.2, 0.25) is 0 Å². The van der Waals surface area contributed by atoms with Gasteiger partial charge >= 0.3 is 0 Å². The number of hydrogen-bond donors (Lipinski definition) is 0. The highest BCUT2D eigenvalue weighted by Gasteiger charge is 2.57. The molecule has 1 spiro atoms. The summed E-state index contributed by atoms with van der Waals surface area (Å²) in [4.78, 5) is 25.6. The van der Waals surface area contributed by atoms with E-state index in [0.29, 0.717) is 11.3 Å². The average Bonchev–Trinajstić information content (AvgIpc) is 3.10. The molecule has 0 saturated carbocycles. The van der Waals surface area contributed by atoms with Crippen LogP contribution in [0, 0.1) is 10.1 Å². The van der Waals surface area contributed by atoms with E-state index < -0.39 is 10.5 Å². The maximum absolute atomic E-state index is 13.9. The molecule has 0 aromatic heterocycles. The third kappa shape index (κ3) is 2.96. The molecule has 3 aromatic carbocycles. The van der Waals surface area contributed by atoms with E-state index in [1.807, 2.05) is 61.6 Å². The number of non-ortho nitro benzene ring substituents is 1. The lowest BCUT2D eigenvalue weighted by atomic mass is 9.72. The summed E-state index contributed by atoms with van der Waals surface area (Å²) in [6.07, 6.45) is 0. The molecule has 2 atom stereocenters. The van der Waals surface area contributed by atoms with Gasteiger partial charge in [0.2, 0.25) is 0 Å². The number of nitro benzene ring substituents is 1. The van der Waals surface area contributed by atoms with Crippen molar-refractivity contribution in [3.63, 3.8) is 0 Å². The van der Waals surface area contributed by atoms with Crippen LogP contribution in [0.3, 0.4) is 0 Å². The van der Waals surface area contributed by atoms with Gasteiger partial charge in [0.25, 0.3) is 5.69 Å². The van der Waals surface area contributed by atoms with Gasteiger partial charge < -0.3 is 0 Å². The summed E-state index contributed by atoms with van der Waals surface area (Å²) < 4.78 is 0. The van der Waals surface area contributed by atoms with E-state index in [4.69, 9.17) is 5.10 Å². The predicted molar refractivity (Wildman–Crippen MR) is 121 cm³/mol. The summed E-state index contributed by atoms with van der Waals surface area (Å²) in [5.74, 6) is 0.325. The van der Waals surface area contributed by atoms with Crippen LogP contribution in [-0.4, -0.2) is 39.8 Å². The molecular weight excluding hydrogens is 410 g/mol. The molecule has 0 saturated heterocycles. The van der Waals surface area contributed by atoms with E-state index >= 15 is 0 Å². The van der Waals surface area contributed by atoms with Crippen LogP contribution < -0.4 is 0 Å². The Hall–Kier alpha value is -3.45. The van der Waals surface area contributed by atoms with Gasteiger partial charge in [-0.3, -0.25) is 19.9 Å². The number of nitrogens with zero attached hydrogens (tertiary/aromatic N) is 3. The average molecular weight is 430 g/mol. The second-order valence-electron chi connectivity index (χ2n) is 7.69. The molecule has 0 aliphatic carbocycles. The van der Waals surface area contributed by atoms with Gasteiger partial charge in [-0.15, -0.1) is 11.8 Å². The van der Waals surface area contributed by atoms with Crippen molar-refractivity contribution in [3.8, 4) is 0 Å². The zero-order valence-corrected chi connectivity index (χ0v) is 17.6. The summed E-state index contributed by atoms with van der Waals surface area (Å²) in [7, 11) is 1.85. The number of thioether (sulfide) groups is 1. The van der Waals surface area contributed by atoms with Gasteiger partial charge in [0.15, 0.2) is 5.78 Å². The van der Waals surface area contributed by atoms with Crippen molar-refractivity contribution in [3.05, 3.63) is 106 Å². The monoisotopic (exact) mass is 429 g/mol. The lowest BCUT2D eigenvalue weighted by Gasteiger charge is -2.42. The first-order chi connectivity index (χ1) is 15.0. The molecule has 0 unspecified atom stereocenters. The zero-order valence-electron chi connectivity index (χ0n) is 16.8. The number of rotatable bonds is 3. The van der Waals surface area contributed by atoms with Crippen LogP contribution >= 0.6 is 11.8 Å². The van der Waals surface area contributed by atoms with Crippen molar-refractivity contribution in [1.82, 2.24) is 5.01 Å². The standard InChI is InChI=1S/C24H19N3O3S/c1-26-24(15-31-20-10-6-5-9-19(20)23(24)28)21(16-7-3-2-4-8-16)22(25-26)17-11-13-18(14-12-17)27(29)30/h2-14,21H,15H2,1H3/t21-,24-/m1/s1. The molecule has 154 valence electrons. The van der Waals surface area contributed by atoms with Crippen molar-refractivity contribution in [2.24, 2.45) is 5.10 Å². The van der Waals surface area contributed by atoms with Gasteiger partial charge in [0.1, 0.15) is 5.54 Å². The van der Waals surface area contributed by atoms with Gasteiger partial charge in [0.05, 0.1) is 16.6 Å². The molecule has 2 aliphatic rings. The Bertz CT molecular complexity index is 1210. The summed E-state index contributed by atoms with van der Waals surface area (Å²) >= 11 is 1.67. The molecule has 2 heterocycles. The minimum Gasteiger partial charge on any atom is -0.291 e. The second-order valence-corrected chi connectivity index (χ2v) is 8.71. The third-order valence-electron chi connectivity index (χ3n) is 6.07. The van der Waals surface area contributed by atoms with Crippen molar-refractivity contribution in [2.45, 2.75) is 16.4 Å². The number of likely N-dealkylation sites (N-methyl/N-ethyl adjacent to an activating group) is 1. The van der Waals surface area contributed by atoms with Gasteiger partial charge in [-0.2, -0.15) is 5.10 Å². The van der Waals surface area contributed by atoms with E-state index in [1.54, 1.807) is 28.9 Å².